The lowest BCUT2D eigenvalue weighted by molar-refractivity contribution is -0.176. The Morgan fingerprint density at radius 3 is 2.57 bits per heavy atom. The van der Waals surface area contributed by atoms with Crippen LogP contribution in [0.2, 0.25) is 0 Å². The second kappa shape index (κ2) is 6.76. The number of amides is 1. The van der Waals surface area contributed by atoms with Crippen LogP contribution in [0.1, 0.15) is 28.8 Å². The number of nitrogens with zero attached hydrogens (tertiary/aromatic N) is 1. The first kappa shape index (κ1) is 18.7. The molecule has 2 heterocycles. The second-order valence-corrected chi connectivity index (χ2v) is 7.16. The number of hydrogen-bond donors (Lipinski definition) is 1. The van der Waals surface area contributed by atoms with Crippen LogP contribution >= 0.6 is 0 Å². The number of alkyl halides is 3. The molecule has 1 amide bonds. The predicted octanol–water partition coefficient (Wildman–Crippen LogP) is 4.65. The lowest BCUT2D eigenvalue weighted by Gasteiger charge is -2.36. The van der Waals surface area contributed by atoms with E-state index >= 15 is 0 Å². The maximum atomic E-state index is 14.3. The smallest absolute Gasteiger partial charge is 0.371 e. The molecule has 1 N–H and O–H groups in total. The highest BCUT2D eigenvalue weighted by Gasteiger charge is 2.42. The van der Waals surface area contributed by atoms with Gasteiger partial charge in [-0.25, -0.2) is 8.78 Å². The van der Waals surface area contributed by atoms with E-state index in [9.17, 15) is 26.7 Å². The Kier molecular flexibility index (Phi) is 4.51. The first-order valence-electron chi connectivity index (χ1n) is 8.96. The molecule has 0 saturated carbocycles. The number of nitrogens with one attached hydrogen (secondary N) is 1. The summed E-state index contributed by atoms with van der Waals surface area (Å²) < 4.78 is 67.2. The van der Waals surface area contributed by atoms with E-state index in [4.69, 9.17) is 0 Å². The monoisotopic (exact) mass is 396 g/mol. The van der Waals surface area contributed by atoms with Crippen molar-refractivity contribution in [2.45, 2.75) is 25.6 Å². The minimum atomic E-state index is -4.30. The Bertz CT molecular complexity index is 941. The molecule has 1 saturated heterocycles. The molecule has 1 fully saturated rings. The van der Waals surface area contributed by atoms with Gasteiger partial charge in [-0.15, -0.1) is 0 Å². The second-order valence-electron chi connectivity index (χ2n) is 7.16. The first-order chi connectivity index (χ1) is 13.2. The van der Waals surface area contributed by atoms with Crippen molar-refractivity contribution < 1.29 is 26.7 Å². The van der Waals surface area contributed by atoms with Crippen molar-refractivity contribution in [1.29, 1.82) is 0 Å². The van der Waals surface area contributed by atoms with Crippen molar-refractivity contribution in [3.8, 4) is 11.1 Å². The van der Waals surface area contributed by atoms with Gasteiger partial charge in [-0.1, -0.05) is 0 Å². The third kappa shape index (κ3) is 3.31. The van der Waals surface area contributed by atoms with E-state index in [-0.39, 0.29) is 31.0 Å². The third-order valence-corrected chi connectivity index (χ3v) is 5.36. The summed E-state index contributed by atoms with van der Waals surface area (Å²) >= 11 is 0. The summed E-state index contributed by atoms with van der Waals surface area (Å²) in [6.45, 7) is 0.422. The standard InChI is InChI=1S/C20H17F5N2O/c21-13-3-4-14(17(22)8-13)11-6-15-16(9-26-19(15)28)18(7-11)27-5-1-2-12(10-27)20(23,24)25/h3-4,6-8,12H,1-2,5,9-10H2,(H,26,28). The van der Waals surface area contributed by atoms with Gasteiger partial charge >= 0.3 is 6.18 Å². The van der Waals surface area contributed by atoms with Crippen LogP contribution < -0.4 is 10.2 Å². The molecule has 0 bridgehead atoms. The highest BCUT2D eigenvalue weighted by molar-refractivity contribution is 6.01. The Morgan fingerprint density at radius 2 is 1.86 bits per heavy atom. The van der Waals surface area contributed by atoms with Gasteiger partial charge in [-0.2, -0.15) is 13.2 Å². The number of halogens is 5. The topological polar surface area (TPSA) is 32.3 Å². The van der Waals surface area contributed by atoms with Crippen LogP contribution in [0.5, 0.6) is 0 Å². The highest BCUT2D eigenvalue weighted by atomic mass is 19.4. The molecule has 4 rings (SSSR count). The molecule has 8 heteroatoms. The maximum Gasteiger partial charge on any atom is 0.393 e. The summed E-state index contributed by atoms with van der Waals surface area (Å²) in [6.07, 6.45) is -3.86. The van der Waals surface area contributed by atoms with Crippen molar-refractivity contribution in [3.63, 3.8) is 0 Å². The molecular weight excluding hydrogens is 379 g/mol. The predicted molar refractivity (Wildman–Crippen MR) is 94.0 cm³/mol. The lowest BCUT2D eigenvalue weighted by Crippen LogP contribution is -2.42. The van der Waals surface area contributed by atoms with E-state index in [0.29, 0.717) is 35.3 Å². The van der Waals surface area contributed by atoms with Crippen LogP contribution in [0.3, 0.4) is 0 Å². The summed E-state index contributed by atoms with van der Waals surface area (Å²) in [5.74, 6) is -3.33. The molecule has 148 valence electrons. The molecule has 1 unspecified atom stereocenters. The van der Waals surface area contributed by atoms with Crippen molar-refractivity contribution in [1.82, 2.24) is 5.32 Å². The van der Waals surface area contributed by atoms with Crippen molar-refractivity contribution in [2.24, 2.45) is 5.92 Å². The van der Waals surface area contributed by atoms with Gasteiger partial charge in [0.1, 0.15) is 11.6 Å². The quantitative estimate of drug-likeness (QED) is 0.750. The van der Waals surface area contributed by atoms with Crippen LogP contribution in [-0.2, 0) is 6.54 Å². The molecule has 3 nitrogen and oxygen atoms in total. The van der Waals surface area contributed by atoms with Gasteiger partial charge in [0.15, 0.2) is 0 Å². The normalized spacial score (nSPS) is 19.5. The molecule has 2 aromatic carbocycles. The average molecular weight is 396 g/mol. The van der Waals surface area contributed by atoms with Crippen molar-refractivity contribution >= 4 is 11.6 Å². The van der Waals surface area contributed by atoms with Gasteiger partial charge in [-0.3, -0.25) is 4.79 Å². The molecule has 0 aromatic heterocycles. The summed E-state index contributed by atoms with van der Waals surface area (Å²) in [7, 11) is 0. The van der Waals surface area contributed by atoms with Crippen molar-refractivity contribution in [2.75, 3.05) is 18.0 Å². The highest BCUT2D eigenvalue weighted by Crippen LogP contribution is 2.39. The zero-order chi connectivity index (χ0) is 20.1. The van der Waals surface area contributed by atoms with Crippen molar-refractivity contribution in [3.05, 3.63) is 53.1 Å². The maximum absolute atomic E-state index is 14.3. The number of anilines is 1. The Labute approximate surface area is 158 Å². The zero-order valence-corrected chi connectivity index (χ0v) is 14.7. The molecule has 2 aliphatic heterocycles. The Hall–Kier alpha value is -2.64. The fourth-order valence-electron chi connectivity index (χ4n) is 3.93. The van der Waals surface area contributed by atoms with E-state index in [1.807, 2.05) is 0 Å². The summed E-state index contributed by atoms with van der Waals surface area (Å²) in [5.41, 5.74) is 1.83. The average Bonchev–Trinajstić information content (AvgIpc) is 3.01. The molecule has 28 heavy (non-hydrogen) atoms. The molecule has 0 aliphatic carbocycles. The molecular formula is C20H17F5N2O. The van der Waals surface area contributed by atoms with E-state index in [2.05, 4.69) is 5.32 Å². The number of fused-ring (bicyclic) bond motifs is 1. The van der Waals surface area contributed by atoms with E-state index in [0.717, 1.165) is 12.1 Å². The van der Waals surface area contributed by atoms with Crippen LogP contribution in [0.15, 0.2) is 30.3 Å². The fourth-order valence-corrected chi connectivity index (χ4v) is 3.93. The summed E-state index contributed by atoms with van der Waals surface area (Å²) in [4.78, 5) is 13.8. The lowest BCUT2D eigenvalue weighted by atomic mass is 9.93. The Balaban J connectivity index is 1.80. The minimum Gasteiger partial charge on any atom is -0.371 e. The fraction of sp³-hybridized carbons (Fsp3) is 0.350. The SMILES string of the molecule is O=C1NCc2c1cc(-c1ccc(F)cc1F)cc2N1CCCC(C(F)(F)F)C1. The van der Waals surface area contributed by atoms with Gasteiger partial charge < -0.3 is 10.2 Å². The number of piperidine rings is 1. The number of benzene rings is 2. The van der Waals surface area contributed by atoms with Crippen LogP contribution in [0.4, 0.5) is 27.6 Å². The van der Waals surface area contributed by atoms with E-state index < -0.39 is 23.7 Å². The molecule has 2 aromatic rings. The molecule has 0 spiro atoms. The number of carbonyl (C=O) groups excluding carboxylic acids is 1. The zero-order valence-electron chi connectivity index (χ0n) is 14.7. The first-order valence-corrected chi connectivity index (χ1v) is 8.96. The molecule has 0 radical (unpaired) electrons. The molecule has 1 atom stereocenters. The third-order valence-electron chi connectivity index (χ3n) is 5.36. The summed E-state index contributed by atoms with van der Waals surface area (Å²) in [5, 5.41) is 2.67. The number of hydrogen-bond acceptors (Lipinski definition) is 2. The van der Waals surface area contributed by atoms with E-state index in [1.54, 1.807) is 11.0 Å². The van der Waals surface area contributed by atoms with Gasteiger partial charge in [0, 0.05) is 48.1 Å². The minimum absolute atomic E-state index is 0.0612. The van der Waals surface area contributed by atoms with Gasteiger partial charge in [-0.05, 0) is 42.7 Å². The Morgan fingerprint density at radius 1 is 1.07 bits per heavy atom. The van der Waals surface area contributed by atoms with Crippen LogP contribution in [0.25, 0.3) is 11.1 Å². The van der Waals surface area contributed by atoms with Crippen LogP contribution in [-0.4, -0.2) is 25.2 Å². The van der Waals surface area contributed by atoms with Gasteiger partial charge in [0.25, 0.3) is 5.91 Å². The molecule has 2 aliphatic rings. The van der Waals surface area contributed by atoms with Crippen LogP contribution in [0, 0.1) is 17.6 Å². The largest absolute Gasteiger partial charge is 0.393 e. The summed E-state index contributed by atoms with van der Waals surface area (Å²) in [6, 6.07) is 6.20. The number of rotatable bonds is 2. The van der Waals surface area contributed by atoms with E-state index in [1.165, 1.54) is 12.1 Å². The van der Waals surface area contributed by atoms with Gasteiger partial charge in [0.05, 0.1) is 5.92 Å². The van der Waals surface area contributed by atoms with Gasteiger partial charge in [0.2, 0.25) is 0 Å². The number of carbonyl (C=O) groups is 1.